The van der Waals surface area contributed by atoms with E-state index in [-0.39, 0.29) is 0 Å². The highest BCUT2D eigenvalue weighted by atomic mass is 35.5. The van der Waals surface area contributed by atoms with Crippen molar-refractivity contribution in [2.24, 2.45) is 0 Å². The molecule has 0 heterocycles. The standard InChI is InChI=1S/C12H12ClO2/c13-12-7-5-11(6-8-12)4-2-1-3-9-15-10-14/h1-2,5-8H,3-4,9H2. The molecule has 0 aromatic heterocycles. The van der Waals surface area contributed by atoms with E-state index in [1.165, 1.54) is 12.0 Å². The maximum absolute atomic E-state index is 9.71. The van der Waals surface area contributed by atoms with E-state index in [0.29, 0.717) is 6.61 Å². The van der Waals surface area contributed by atoms with Gasteiger partial charge in [-0.15, -0.1) is 0 Å². The minimum Gasteiger partial charge on any atom is -0.457 e. The van der Waals surface area contributed by atoms with Crippen LogP contribution in [-0.2, 0) is 16.0 Å². The Morgan fingerprint density at radius 3 is 2.67 bits per heavy atom. The van der Waals surface area contributed by atoms with Gasteiger partial charge in [0.1, 0.15) is 0 Å². The van der Waals surface area contributed by atoms with Gasteiger partial charge in [-0.25, -0.2) is 4.79 Å². The first kappa shape index (κ1) is 11.8. The van der Waals surface area contributed by atoms with Gasteiger partial charge in [-0.05, 0) is 30.5 Å². The van der Waals surface area contributed by atoms with Crippen molar-refractivity contribution in [3.8, 4) is 0 Å². The lowest BCUT2D eigenvalue weighted by atomic mass is 10.1. The molecule has 15 heavy (non-hydrogen) atoms. The molecule has 1 rings (SSSR count). The minimum absolute atomic E-state index is 0.390. The Bertz CT molecular complexity index is 317. The molecule has 0 fully saturated rings. The van der Waals surface area contributed by atoms with Crippen molar-refractivity contribution < 1.29 is 9.53 Å². The molecule has 0 unspecified atom stereocenters. The van der Waals surface area contributed by atoms with Crippen molar-refractivity contribution in [3.63, 3.8) is 0 Å². The first-order chi connectivity index (χ1) is 7.33. The third kappa shape index (κ3) is 5.23. The van der Waals surface area contributed by atoms with Crippen molar-refractivity contribution in [2.45, 2.75) is 12.8 Å². The molecule has 0 N–H and O–H groups in total. The van der Waals surface area contributed by atoms with Gasteiger partial charge in [-0.2, -0.15) is 0 Å². The van der Waals surface area contributed by atoms with Gasteiger partial charge in [0.25, 0.3) is 0 Å². The average Bonchev–Trinajstić information content (AvgIpc) is 2.26. The lowest BCUT2D eigenvalue weighted by molar-refractivity contribution is 0.284. The molecule has 1 aromatic carbocycles. The van der Waals surface area contributed by atoms with Crippen LogP contribution in [0.1, 0.15) is 12.0 Å². The Hall–Kier alpha value is -1.28. The van der Waals surface area contributed by atoms with Crippen LogP contribution in [0.15, 0.2) is 36.4 Å². The number of rotatable bonds is 6. The van der Waals surface area contributed by atoms with E-state index in [4.69, 9.17) is 11.6 Å². The van der Waals surface area contributed by atoms with Crippen LogP contribution in [0.5, 0.6) is 0 Å². The van der Waals surface area contributed by atoms with Crippen molar-refractivity contribution >= 4 is 18.1 Å². The van der Waals surface area contributed by atoms with E-state index in [9.17, 15) is 4.79 Å². The second kappa shape index (κ2) is 7.07. The predicted octanol–water partition coefficient (Wildman–Crippen LogP) is 2.91. The summed E-state index contributed by atoms with van der Waals surface area (Å²) in [7, 11) is 0. The summed E-state index contributed by atoms with van der Waals surface area (Å²) in [5.41, 5.74) is 1.21. The molecular formula is C12H12ClO2. The monoisotopic (exact) mass is 223 g/mol. The number of allylic oxidation sites excluding steroid dienone is 1. The van der Waals surface area contributed by atoms with E-state index in [1.54, 1.807) is 0 Å². The third-order valence-electron chi connectivity index (χ3n) is 1.88. The summed E-state index contributed by atoms with van der Waals surface area (Å²) in [6.07, 6.45) is 5.61. The summed E-state index contributed by atoms with van der Waals surface area (Å²) in [5.74, 6) is 0. The molecule has 0 saturated heterocycles. The molecule has 0 aliphatic rings. The van der Waals surface area contributed by atoms with Gasteiger partial charge in [0.15, 0.2) is 0 Å². The van der Waals surface area contributed by atoms with Crippen LogP contribution in [0.25, 0.3) is 0 Å². The molecule has 3 heteroatoms. The quantitative estimate of drug-likeness (QED) is 0.548. The van der Waals surface area contributed by atoms with Gasteiger partial charge in [0.05, 0.1) is 6.61 Å². The number of hydrogen-bond acceptors (Lipinski definition) is 2. The number of hydrogen-bond donors (Lipinski definition) is 0. The first-order valence-electron chi connectivity index (χ1n) is 4.71. The zero-order valence-corrected chi connectivity index (χ0v) is 9.04. The molecule has 2 nitrogen and oxygen atoms in total. The van der Waals surface area contributed by atoms with Crippen molar-refractivity contribution in [3.05, 3.63) is 47.0 Å². The highest BCUT2D eigenvalue weighted by molar-refractivity contribution is 6.30. The van der Waals surface area contributed by atoms with Gasteiger partial charge in [-0.1, -0.05) is 35.9 Å². The highest BCUT2D eigenvalue weighted by Gasteiger charge is 1.89. The Labute approximate surface area is 94.5 Å². The molecular weight excluding hydrogens is 212 g/mol. The molecule has 1 radical (unpaired) electrons. The Morgan fingerprint density at radius 1 is 1.27 bits per heavy atom. The molecule has 0 aliphatic heterocycles. The summed E-state index contributed by atoms with van der Waals surface area (Å²) >= 11 is 5.76. The summed E-state index contributed by atoms with van der Waals surface area (Å²) in [4.78, 5) is 9.71. The lowest BCUT2D eigenvalue weighted by Crippen LogP contribution is -1.88. The maximum atomic E-state index is 9.71. The minimum atomic E-state index is 0.390. The van der Waals surface area contributed by atoms with Crippen LogP contribution in [-0.4, -0.2) is 13.1 Å². The van der Waals surface area contributed by atoms with Gasteiger partial charge in [-0.3, -0.25) is 0 Å². The average molecular weight is 224 g/mol. The van der Waals surface area contributed by atoms with Gasteiger partial charge < -0.3 is 4.74 Å². The fraction of sp³-hybridized carbons (Fsp3) is 0.250. The number of ether oxygens (including phenoxy) is 1. The van der Waals surface area contributed by atoms with Gasteiger partial charge in [0.2, 0.25) is 0 Å². The molecule has 1 aromatic rings. The summed E-state index contributed by atoms with van der Waals surface area (Å²) in [5, 5.41) is 0.748. The lowest BCUT2D eigenvalue weighted by Gasteiger charge is -1.96. The van der Waals surface area contributed by atoms with E-state index in [1.807, 2.05) is 36.4 Å². The van der Waals surface area contributed by atoms with Crippen LogP contribution in [0.3, 0.4) is 0 Å². The molecule has 0 bridgehead atoms. The highest BCUT2D eigenvalue weighted by Crippen LogP contribution is 2.10. The van der Waals surface area contributed by atoms with Gasteiger partial charge >= 0.3 is 6.47 Å². The van der Waals surface area contributed by atoms with Crippen molar-refractivity contribution in [1.82, 2.24) is 0 Å². The maximum Gasteiger partial charge on any atom is 0.417 e. The normalized spacial score (nSPS) is 10.5. The van der Waals surface area contributed by atoms with Crippen molar-refractivity contribution in [2.75, 3.05) is 6.61 Å². The SMILES string of the molecule is O=[C]OCCC=CCc1ccc(Cl)cc1. The molecule has 0 spiro atoms. The van der Waals surface area contributed by atoms with Gasteiger partial charge in [0, 0.05) is 5.02 Å². The summed E-state index contributed by atoms with van der Waals surface area (Å²) < 4.78 is 4.43. The summed E-state index contributed by atoms with van der Waals surface area (Å²) in [6, 6.07) is 7.72. The number of carbonyl (C=O) groups excluding carboxylic acids is 1. The van der Waals surface area contributed by atoms with Crippen LogP contribution >= 0.6 is 11.6 Å². The topological polar surface area (TPSA) is 26.3 Å². The zero-order chi connectivity index (χ0) is 10.9. The third-order valence-corrected chi connectivity index (χ3v) is 2.13. The van der Waals surface area contributed by atoms with Crippen LogP contribution in [0.2, 0.25) is 5.02 Å². The molecule has 0 saturated carbocycles. The molecule has 0 atom stereocenters. The van der Waals surface area contributed by atoms with Crippen LogP contribution < -0.4 is 0 Å². The van der Waals surface area contributed by atoms with E-state index >= 15 is 0 Å². The summed E-state index contributed by atoms with van der Waals surface area (Å²) in [6.45, 7) is 1.77. The molecule has 79 valence electrons. The first-order valence-corrected chi connectivity index (χ1v) is 5.09. The fourth-order valence-electron chi connectivity index (χ4n) is 1.13. The predicted molar refractivity (Wildman–Crippen MR) is 60.6 cm³/mol. The molecule has 0 aliphatic carbocycles. The fourth-order valence-corrected chi connectivity index (χ4v) is 1.25. The van der Waals surface area contributed by atoms with E-state index in [2.05, 4.69) is 4.74 Å². The molecule has 0 amide bonds. The van der Waals surface area contributed by atoms with E-state index < -0.39 is 0 Å². The largest absolute Gasteiger partial charge is 0.457 e. The van der Waals surface area contributed by atoms with Crippen LogP contribution in [0, 0.1) is 0 Å². The zero-order valence-electron chi connectivity index (χ0n) is 8.28. The smallest absolute Gasteiger partial charge is 0.417 e. The van der Waals surface area contributed by atoms with Crippen molar-refractivity contribution in [1.29, 1.82) is 0 Å². The second-order valence-electron chi connectivity index (χ2n) is 3.02. The Balaban J connectivity index is 2.24. The van der Waals surface area contributed by atoms with Crippen LogP contribution in [0.4, 0.5) is 0 Å². The van der Waals surface area contributed by atoms with E-state index in [0.717, 1.165) is 17.9 Å². The number of benzene rings is 1. The Morgan fingerprint density at radius 2 is 2.00 bits per heavy atom. The second-order valence-corrected chi connectivity index (χ2v) is 3.46. The number of halogens is 1. The Kier molecular flexibility index (Phi) is 5.56.